The van der Waals surface area contributed by atoms with Gasteiger partial charge >= 0.3 is 0 Å². The molecule has 0 amide bonds. The van der Waals surface area contributed by atoms with Gasteiger partial charge in [-0.3, -0.25) is 15.0 Å². The van der Waals surface area contributed by atoms with Crippen LogP contribution in [0, 0.1) is 11.8 Å². The maximum Gasteiger partial charge on any atom is 0.0689 e. The molecule has 2 aliphatic heterocycles. The van der Waals surface area contributed by atoms with Gasteiger partial charge in [-0.05, 0) is 48.8 Å². The summed E-state index contributed by atoms with van der Waals surface area (Å²) in [5, 5.41) is 0. The van der Waals surface area contributed by atoms with Crippen LogP contribution in [0.4, 0.5) is 0 Å². The van der Waals surface area contributed by atoms with Gasteiger partial charge in [-0.15, -0.1) is 0 Å². The van der Waals surface area contributed by atoms with Crippen LogP contribution in [0.25, 0.3) is 0 Å². The molecule has 1 aromatic heterocycles. The van der Waals surface area contributed by atoms with Crippen molar-refractivity contribution in [1.82, 2.24) is 4.98 Å². The van der Waals surface area contributed by atoms with Crippen LogP contribution in [0.15, 0.2) is 105 Å². The first-order chi connectivity index (χ1) is 13.2. The zero-order chi connectivity index (χ0) is 18.4. The molecule has 0 radical (unpaired) electrons. The molecule has 1 aromatic rings. The SMILES string of the molecule is CC1=CC=CC2C(C3=C(C)C4C=C(Cc5ccccn5)C=CC4=N3)=CN=C12. The summed E-state index contributed by atoms with van der Waals surface area (Å²) in [6, 6.07) is 6.08. The number of aliphatic imine (C=N–C) groups is 2. The molecule has 27 heavy (non-hydrogen) atoms. The molecular formula is C24H21N3. The molecule has 0 N–H and O–H groups in total. The third-order valence-electron chi connectivity index (χ3n) is 5.66. The number of rotatable bonds is 3. The van der Waals surface area contributed by atoms with Crippen molar-refractivity contribution in [3.8, 4) is 0 Å². The van der Waals surface area contributed by atoms with Gasteiger partial charge in [-0.2, -0.15) is 0 Å². The summed E-state index contributed by atoms with van der Waals surface area (Å²) in [6.07, 6.45) is 17.9. The Balaban J connectivity index is 1.43. The van der Waals surface area contributed by atoms with Crippen molar-refractivity contribution in [3.05, 3.63) is 101 Å². The molecule has 3 nitrogen and oxygen atoms in total. The van der Waals surface area contributed by atoms with Crippen molar-refractivity contribution in [2.24, 2.45) is 21.8 Å². The van der Waals surface area contributed by atoms with Crippen molar-refractivity contribution in [3.63, 3.8) is 0 Å². The molecular weight excluding hydrogens is 330 g/mol. The monoisotopic (exact) mass is 351 g/mol. The third kappa shape index (κ3) is 2.71. The molecule has 2 atom stereocenters. The van der Waals surface area contributed by atoms with E-state index in [9.17, 15) is 0 Å². The van der Waals surface area contributed by atoms with Gasteiger partial charge in [0, 0.05) is 41.9 Å². The molecule has 3 heterocycles. The summed E-state index contributed by atoms with van der Waals surface area (Å²) < 4.78 is 0. The quantitative estimate of drug-likeness (QED) is 0.760. The van der Waals surface area contributed by atoms with Crippen LogP contribution in [0.3, 0.4) is 0 Å². The van der Waals surface area contributed by atoms with Crippen molar-refractivity contribution in [2.75, 3.05) is 0 Å². The molecule has 2 aliphatic carbocycles. The maximum absolute atomic E-state index is 4.98. The summed E-state index contributed by atoms with van der Waals surface area (Å²) in [5.74, 6) is 0.503. The fourth-order valence-corrected chi connectivity index (χ4v) is 4.18. The lowest BCUT2D eigenvalue weighted by Gasteiger charge is -2.18. The molecule has 2 unspecified atom stereocenters. The van der Waals surface area contributed by atoms with Crippen molar-refractivity contribution >= 4 is 11.4 Å². The standard InChI is InChI=1S/C24H21N3/c1-15-6-5-8-19-21(14-26-23(15)19)24-16(2)20-13-17(9-10-22(20)27-24)12-18-7-3-4-11-25-18/h3-11,13-14,19-20H,12H2,1-2H3. The van der Waals surface area contributed by atoms with Crippen molar-refractivity contribution in [2.45, 2.75) is 20.3 Å². The van der Waals surface area contributed by atoms with E-state index in [4.69, 9.17) is 4.99 Å². The highest BCUT2D eigenvalue weighted by molar-refractivity contribution is 6.09. The molecule has 0 saturated carbocycles. The Bertz CT molecular complexity index is 1060. The van der Waals surface area contributed by atoms with E-state index in [1.165, 1.54) is 22.3 Å². The summed E-state index contributed by atoms with van der Waals surface area (Å²) in [6.45, 7) is 4.33. The van der Waals surface area contributed by atoms with Gasteiger partial charge in [0.05, 0.1) is 17.1 Å². The highest BCUT2D eigenvalue weighted by atomic mass is 14.9. The lowest BCUT2D eigenvalue weighted by Crippen LogP contribution is -2.15. The average Bonchev–Trinajstić information content (AvgIpc) is 3.25. The lowest BCUT2D eigenvalue weighted by molar-refractivity contribution is 0.970. The predicted molar refractivity (Wildman–Crippen MR) is 111 cm³/mol. The van der Waals surface area contributed by atoms with Gasteiger partial charge in [0.1, 0.15) is 0 Å². The fraction of sp³-hybridized carbons (Fsp3) is 0.208. The van der Waals surface area contributed by atoms with E-state index in [2.05, 4.69) is 66.3 Å². The molecule has 0 spiro atoms. The first kappa shape index (κ1) is 16.1. The van der Waals surface area contributed by atoms with Crippen molar-refractivity contribution in [1.29, 1.82) is 0 Å². The Hall–Kier alpha value is -3.07. The number of aromatic nitrogens is 1. The van der Waals surface area contributed by atoms with E-state index in [1.807, 2.05) is 24.5 Å². The van der Waals surface area contributed by atoms with Gasteiger partial charge in [0.15, 0.2) is 0 Å². The van der Waals surface area contributed by atoms with Gasteiger partial charge in [0.2, 0.25) is 0 Å². The molecule has 0 bridgehead atoms. The van der Waals surface area contributed by atoms with Crippen LogP contribution in [-0.2, 0) is 6.42 Å². The normalized spacial score (nSPS) is 25.5. The molecule has 3 heteroatoms. The highest BCUT2D eigenvalue weighted by Crippen LogP contribution is 2.41. The largest absolute Gasteiger partial charge is 0.261 e. The fourth-order valence-electron chi connectivity index (χ4n) is 4.18. The second-order valence-electron chi connectivity index (χ2n) is 7.43. The van der Waals surface area contributed by atoms with E-state index in [-0.39, 0.29) is 11.8 Å². The Kier molecular flexibility index (Phi) is 3.75. The zero-order valence-electron chi connectivity index (χ0n) is 15.6. The van der Waals surface area contributed by atoms with Gasteiger partial charge < -0.3 is 0 Å². The van der Waals surface area contributed by atoms with Gasteiger partial charge in [0.25, 0.3) is 0 Å². The van der Waals surface area contributed by atoms with Gasteiger partial charge in [-0.1, -0.05) is 36.4 Å². The minimum atomic E-state index is 0.241. The number of hydrogen-bond donors (Lipinski definition) is 0. The summed E-state index contributed by atoms with van der Waals surface area (Å²) in [7, 11) is 0. The molecule has 0 saturated heterocycles. The Morgan fingerprint density at radius 2 is 2.00 bits per heavy atom. The average molecular weight is 351 g/mol. The predicted octanol–water partition coefficient (Wildman–Crippen LogP) is 4.94. The second-order valence-corrected chi connectivity index (χ2v) is 7.43. The topological polar surface area (TPSA) is 37.6 Å². The minimum absolute atomic E-state index is 0.241. The smallest absolute Gasteiger partial charge is 0.0689 e. The van der Waals surface area contributed by atoms with Crippen LogP contribution in [-0.4, -0.2) is 16.4 Å². The van der Waals surface area contributed by atoms with Crippen LogP contribution >= 0.6 is 0 Å². The number of nitrogens with zero attached hydrogens (tertiary/aromatic N) is 3. The second kappa shape index (κ2) is 6.27. The molecule has 0 fully saturated rings. The first-order valence-electron chi connectivity index (χ1n) is 9.42. The van der Waals surface area contributed by atoms with E-state index in [0.29, 0.717) is 0 Å². The number of fused-ring (bicyclic) bond motifs is 2. The highest BCUT2D eigenvalue weighted by Gasteiger charge is 2.33. The maximum atomic E-state index is 4.98. The number of hydrogen-bond acceptors (Lipinski definition) is 3. The summed E-state index contributed by atoms with van der Waals surface area (Å²) >= 11 is 0. The third-order valence-corrected chi connectivity index (χ3v) is 5.66. The Morgan fingerprint density at radius 1 is 1.07 bits per heavy atom. The molecule has 5 rings (SSSR count). The van der Waals surface area contributed by atoms with Gasteiger partial charge in [-0.25, -0.2) is 0 Å². The zero-order valence-corrected chi connectivity index (χ0v) is 15.6. The Morgan fingerprint density at radius 3 is 2.85 bits per heavy atom. The number of pyridine rings is 1. The van der Waals surface area contributed by atoms with Crippen molar-refractivity contribution < 1.29 is 0 Å². The van der Waals surface area contributed by atoms with Crippen LogP contribution in [0.1, 0.15) is 19.5 Å². The van der Waals surface area contributed by atoms with E-state index < -0.39 is 0 Å². The molecule has 4 aliphatic rings. The van der Waals surface area contributed by atoms with E-state index in [0.717, 1.165) is 29.2 Å². The Labute approximate surface area is 159 Å². The molecule has 132 valence electrons. The summed E-state index contributed by atoms with van der Waals surface area (Å²) in [5.41, 5.74) is 9.58. The van der Waals surface area contributed by atoms with Crippen LogP contribution in [0.2, 0.25) is 0 Å². The lowest BCUT2D eigenvalue weighted by atomic mass is 9.84. The summed E-state index contributed by atoms with van der Waals surface area (Å²) in [4.78, 5) is 14.1. The van der Waals surface area contributed by atoms with E-state index in [1.54, 1.807) is 0 Å². The minimum Gasteiger partial charge on any atom is -0.261 e. The first-order valence-corrected chi connectivity index (χ1v) is 9.42. The molecule has 0 aromatic carbocycles. The van der Waals surface area contributed by atoms with Crippen LogP contribution in [0.5, 0.6) is 0 Å². The van der Waals surface area contributed by atoms with Crippen LogP contribution < -0.4 is 0 Å². The number of allylic oxidation sites excluding steroid dienone is 10. The van der Waals surface area contributed by atoms with E-state index >= 15 is 0 Å².